The van der Waals surface area contributed by atoms with Crippen molar-refractivity contribution in [3.63, 3.8) is 0 Å². The van der Waals surface area contributed by atoms with Gasteiger partial charge in [0.1, 0.15) is 11.3 Å². The summed E-state index contributed by atoms with van der Waals surface area (Å²) in [6.07, 6.45) is -3.53. The number of carboxylic acid groups (broad SMARTS) is 1. The fourth-order valence-corrected chi connectivity index (χ4v) is 2.75. The Morgan fingerprint density at radius 1 is 1.45 bits per heavy atom. The average Bonchev–Trinajstić information content (AvgIpc) is 2.46. The lowest BCUT2D eigenvalue weighted by molar-refractivity contribution is -0.187. The van der Waals surface area contributed by atoms with Gasteiger partial charge in [0.25, 0.3) is 0 Å². The fraction of sp³-hybridized carbons (Fsp3) is 0.533. The van der Waals surface area contributed by atoms with Crippen LogP contribution in [0, 0.1) is 5.92 Å². The van der Waals surface area contributed by atoms with Gasteiger partial charge in [-0.1, -0.05) is 6.07 Å². The van der Waals surface area contributed by atoms with Crippen LogP contribution in [-0.2, 0) is 6.54 Å². The molecule has 1 unspecified atom stereocenters. The number of carbonyl (C=O) groups is 1. The molecule has 0 saturated carbocycles. The van der Waals surface area contributed by atoms with Gasteiger partial charge in [-0.15, -0.1) is 0 Å². The molecule has 4 nitrogen and oxygen atoms in total. The van der Waals surface area contributed by atoms with Crippen molar-refractivity contribution in [1.29, 1.82) is 0 Å². The number of piperidine rings is 1. The molecule has 1 aromatic rings. The van der Waals surface area contributed by atoms with Gasteiger partial charge in [0.2, 0.25) is 0 Å². The van der Waals surface area contributed by atoms with Gasteiger partial charge in [-0.05, 0) is 37.1 Å². The predicted molar refractivity (Wildman–Crippen MR) is 74.0 cm³/mol. The second-order valence-corrected chi connectivity index (χ2v) is 5.46. The van der Waals surface area contributed by atoms with Crippen molar-refractivity contribution in [1.82, 2.24) is 4.90 Å². The molecule has 0 radical (unpaired) electrons. The highest BCUT2D eigenvalue weighted by Crippen LogP contribution is 2.33. The second-order valence-electron chi connectivity index (χ2n) is 5.46. The molecule has 1 aliphatic heterocycles. The third-order valence-corrected chi connectivity index (χ3v) is 3.87. The number of hydrogen-bond acceptors (Lipinski definition) is 3. The van der Waals surface area contributed by atoms with Crippen LogP contribution in [0.15, 0.2) is 18.2 Å². The number of alkyl halides is 3. The lowest BCUT2D eigenvalue weighted by Gasteiger charge is -2.33. The minimum Gasteiger partial charge on any atom is -0.496 e. The summed E-state index contributed by atoms with van der Waals surface area (Å²) in [6, 6.07) is 4.67. The van der Waals surface area contributed by atoms with Gasteiger partial charge in [0.05, 0.1) is 13.0 Å². The summed E-state index contributed by atoms with van der Waals surface area (Å²) in [5.74, 6) is -2.19. The molecule has 1 atom stereocenters. The molecule has 22 heavy (non-hydrogen) atoms. The minimum atomic E-state index is -4.18. The van der Waals surface area contributed by atoms with Crippen molar-refractivity contribution < 1.29 is 27.8 Å². The Balaban J connectivity index is 2.10. The van der Waals surface area contributed by atoms with E-state index in [4.69, 9.17) is 9.84 Å². The molecular formula is C15H18F3NO3. The van der Waals surface area contributed by atoms with E-state index in [-0.39, 0.29) is 24.3 Å². The molecule has 0 aliphatic carbocycles. The zero-order chi connectivity index (χ0) is 16.3. The van der Waals surface area contributed by atoms with E-state index in [1.54, 1.807) is 11.0 Å². The van der Waals surface area contributed by atoms with E-state index in [1.807, 2.05) is 0 Å². The summed E-state index contributed by atoms with van der Waals surface area (Å²) in [6.45, 7) is 0.843. The van der Waals surface area contributed by atoms with Gasteiger partial charge >= 0.3 is 12.1 Å². The topological polar surface area (TPSA) is 49.8 Å². The van der Waals surface area contributed by atoms with Crippen molar-refractivity contribution >= 4 is 5.97 Å². The molecule has 1 saturated heterocycles. The monoisotopic (exact) mass is 317 g/mol. The first-order valence-electron chi connectivity index (χ1n) is 7.00. The van der Waals surface area contributed by atoms with E-state index >= 15 is 0 Å². The second kappa shape index (κ2) is 6.56. The molecule has 1 aliphatic rings. The van der Waals surface area contributed by atoms with Crippen LogP contribution in [0.4, 0.5) is 13.2 Å². The largest absolute Gasteiger partial charge is 0.496 e. The van der Waals surface area contributed by atoms with Crippen LogP contribution in [0.3, 0.4) is 0 Å². The van der Waals surface area contributed by atoms with E-state index in [1.165, 1.54) is 19.2 Å². The van der Waals surface area contributed by atoms with Crippen LogP contribution in [0.1, 0.15) is 28.8 Å². The van der Waals surface area contributed by atoms with Gasteiger partial charge < -0.3 is 9.84 Å². The lowest BCUT2D eigenvalue weighted by Crippen LogP contribution is -2.41. The molecule has 7 heteroatoms. The smallest absolute Gasteiger partial charge is 0.393 e. The number of ether oxygens (including phenoxy) is 1. The van der Waals surface area contributed by atoms with Gasteiger partial charge in [-0.25, -0.2) is 4.79 Å². The van der Waals surface area contributed by atoms with Crippen molar-refractivity contribution in [2.45, 2.75) is 25.6 Å². The van der Waals surface area contributed by atoms with E-state index in [2.05, 4.69) is 0 Å². The van der Waals surface area contributed by atoms with Gasteiger partial charge in [0.15, 0.2) is 0 Å². The summed E-state index contributed by atoms with van der Waals surface area (Å²) >= 11 is 0. The van der Waals surface area contributed by atoms with Crippen molar-refractivity contribution in [3.8, 4) is 5.75 Å². The molecule has 0 amide bonds. The van der Waals surface area contributed by atoms with Crippen LogP contribution in [0.2, 0.25) is 0 Å². The number of benzene rings is 1. The van der Waals surface area contributed by atoms with Crippen molar-refractivity contribution in [3.05, 3.63) is 29.3 Å². The van der Waals surface area contributed by atoms with Crippen LogP contribution in [-0.4, -0.2) is 42.4 Å². The number of likely N-dealkylation sites (tertiary alicyclic amines) is 1. The Bertz CT molecular complexity index is 545. The summed E-state index contributed by atoms with van der Waals surface area (Å²) in [4.78, 5) is 12.9. The van der Waals surface area contributed by atoms with Crippen LogP contribution >= 0.6 is 0 Å². The molecule has 1 aromatic carbocycles. The summed E-state index contributed by atoms with van der Waals surface area (Å²) in [5, 5.41) is 9.13. The molecule has 0 bridgehead atoms. The Morgan fingerprint density at radius 2 is 2.18 bits per heavy atom. The number of carboxylic acids is 1. The van der Waals surface area contributed by atoms with Crippen LogP contribution < -0.4 is 4.74 Å². The maximum Gasteiger partial charge on any atom is 0.393 e. The third-order valence-electron chi connectivity index (χ3n) is 3.87. The quantitative estimate of drug-likeness (QED) is 0.927. The number of aromatic carboxylic acids is 1. The predicted octanol–water partition coefficient (Wildman–Crippen LogP) is 3.17. The Labute approximate surface area is 126 Å². The summed E-state index contributed by atoms with van der Waals surface area (Å²) in [5.41, 5.74) is 0.686. The van der Waals surface area contributed by atoms with Gasteiger partial charge in [0, 0.05) is 13.1 Å². The fourth-order valence-electron chi connectivity index (χ4n) is 2.75. The Morgan fingerprint density at radius 3 is 2.77 bits per heavy atom. The average molecular weight is 317 g/mol. The zero-order valence-electron chi connectivity index (χ0n) is 12.2. The first-order valence-corrected chi connectivity index (χ1v) is 7.00. The molecule has 2 rings (SSSR count). The number of hydrogen-bond donors (Lipinski definition) is 1. The number of nitrogens with zero attached hydrogens (tertiary/aromatic N) is 1. The van der Waals surface area contributed by atoms with E-state index < -0.39 is 18.1 Å². The summed E-state index contributed by atoms with van der Waals surface area (Å²) < 4.78 is 43.4. The Kier molecular flexibility index (Phi) is 4.95. The minimum absolute atomic E-state index is 0.0179. The van der Waals surface area contributed by atoms with Crippen LogP contribution in [0.25, 0.3) is 0 Å². The molecule has 0 spiro atoms. The van der Waals surface area contributed by atoms with Crippen molar-refractivity contribution in [2.24, 2.45) is 5.92 Å². The maximum absolute atomic E-state index is 12.8. The zero-order valence-corrected chi connectivity index (χ0v) is 12.2. The first kappa shape index (κ1) is 16.6. The third kappa shape index (κ3) is 3.91. The molecule has 1 N–H and O–H groups in total. The first-order chi connectivity index (χ1) is 10.3. The number of methoxy groups -OCH3 is 1. The van der Waals surface area contributed by atoms with Gasteiger partial charge in [-0.3, -0.25) is 4.90 Å². The standard InChI is InChI=1S/C15H18F3NO3/c1-22-13-5-4-10(7-12(13)14(20)21)8-19-6-2-3-11(9-19)15(16,17)18/h4-5,7,11H,2-3,6,8-9H2,1H3,(H,20,21). The molecule has 1 fully saturated rings. The Hall–Kier alpha value is -1.76. The molecule has 1 heterocycles. The molecule has 122 valence electrons. The SMILES string of the molecule is COc1ccc(CN2CCCC(C(F)(F)F)C2)cc1C(=O)O. The highest BCUT2D eigenvalue weighted by atomic mass is 19.4. The number of rotatable bonds is 4. The number of halogens is 3. The van der Waals surface area contributed by atoms with E-state index in [9.17, 15) is 18.0 Å². The highest BCUT2D eigenvalue weighted by Gasteiger charge is 2.41. The molecule has 0 aromatic heterocycles. The maximum atomic E-state index is 12.8. The normalized spacial score (nSPS) is 19.9. The summed E-state index contributed by atoms with van der Waals surface area (Å²) in [7, 11) is 1.38. The lowest BCUT2D eigenvalue weighted by atomic mass is 9.97. The van der Waals surface area contributed by atoms with Crippen molar-refractivity contribution in [2.75, 3.05) is 20.2 Å². The highest BCUT2D eigenvalue weighted by molar-refractivity contribution is 5.91. The van der Waals surface area contributed by atoms with E-state index in [0.29, 0.717) is 25.1 Å². The van der Waals surface area contributed by atoms with E-state index in [0.717, 1.165) is 0 Å². The molecular weight excluding hydrogens is 299 g/mol. The van der Waals surface area contributed by atoms with Crippen LogP contribution in [0.5, 0.6) is 5.75 Å². The van der Waals surface area contributed by atoms with Gasteiger partial charge in [-0.2, -0.15) is 13.2 Å².